The summed E-state index contributed by atoms with van der Waals surface area (Å²) >= 11 is 0. The Kier molecular flexibility index (Phi) is 3.19. The van der Waals surface area contributed by atoms with Crippen LogP contribution in [0.15, 0.2) is 49.1 Å². The fraction of sp³-hybridized carbons (Fsp3) is 0.150. The summed E-state index contributed by atoms with van der Waals surface area (Å²) in [4.78, 5) is 21.9. The van der Waals surface area contributed by atoms with Crippen LogP contribution in [0.25, 0.3) is 0 Å². The monoisotopic (exact) mass is 362 g/mol. The molecule has 3 heterocycles. The van der Waals surface area contributed by atoms with Crippen LogP contribution in [0.1, 0.15) is 24.0 Å². The molecule has 27 heavy (non-hydrogen) atoms. The van der Waals surface area contributed by atoms with Gasteiger partial charge in [0.2, 0.25) is 5.95 Å². The first-order valence-electron chi connectivity index (χ1n) is 8.40. The van der Waals surface area contributed by atoms with Crippen molar-refractivity contribution >= 4 is 17.5 Å². The van der Waals surface area contributed by atoms with Gasteiger partial charge in [-0.05, 0) is 37.1 Å². The highest BCUT2D eigenvalue weighted by atomic mass is 19.1. The predicted octanol–water partition coefficient (Wildman–Crippen LogP) is 3.12. The van der Waals surface area contributed by atoms with E-state index in [-0.39, 0.29) is 17.4 Å². The summed E-state index contributed by atoms with van der Waals surface area (Å²) in [5.41, 5.74) is -0.338. The van der Waals surface area contributed by atoms with Crippen molar-refractivity contribution in [1.29, 1.82) is 0 Å². The van der Waals surface area contributed by atoms with Gasteiger partial charge in [-0.2, -0.15) is 0 Å². The molecule has 2 aliphatic rings. The second-order valence-electron chi connectivity index (χ2n) is 6.55. The predicted molar refractivity (Wildman–Crippen MR) is 93.2 cm³/mol. The summed E-state index contributed by atoms with van der Waals surface area (Å²) in [5, 5.41) is 0. The van der Waals surface area contributed by atoms with Gasteiger partial charge in [0.15, 0.2) is 11.6 Å². The SMILES string of the molecule is O=C1N(c2c(F)cc(C#Cc3cccnc3)cc2F)c2nccn2C12CC2. The van der Waals surface area contributed by atoms with Crippen LogP contribution < -0.4 is 4.90 Å². The Morgan fingerprint density at radius 1 is 1.07 bits per heavy atom. The Labute approximate surface area is 153 Å². The van der Waals surface area contributed by atoms with Crippen molar-refractivity contribution in [2.24, 2.45) is 0 Å². The second kappa shape index (κ2) is 5.48. The normalized spacial score (nSPS) is 16.2. The largest absolute Gasteiger partial charge is 0.301 e. The number of hydrogen-bond acceptors (Lipinski definition) is 3. The molecule has 3 aromatic rings. The van der Waals surface area contributed by atoms with Crippen LogP contribution >= 0.6 is 0 Å². The van der Waals surface area contributed by atoms with E-state index >= 15 is 0 Å². The van der Waals surface area contributed by atoms with Gasteiger partial charge in [-0.25, -0.2) is 18.7 Å². The zero-order valence-electron chi connectivity index (χ0n) is 14.0. The second-order valence-corrected chi connectivity index (χ2v) is 6.55. The molecular formula is C20H12F2N4O. The summed E-state index contributed by atoms with van der Waals surface area (Å²) < 4.78 is 31.3. The lowest BCUT2D eigenvalue weighted by atomic mass is 10.1. The molecule has 0 unspecified atom stereocenters. The van der Waals surface area contributed by atoms with E-state index in [0.29, 0.717) is 18.4 Å². The van der Waals surface area contributed by atoms with Crippen molar-refractivity contribution in [3.8, 4) is 11.8 Å². The lowest BCUT2D eigenvalue weighted by molar-refractivity contribution is -0.120. The molecule has 0 atom stereocenters. The molecule has 2 aromatic heterocycles. The van der Waals surface area contributed by atoms with Gasteiger partial charge in [0.1, 0.15) is 11.2 Å². The third-order valence-corrected chi connectivity index (χ3v) is 4.86. The molecule has 1 spiro atoms. The molecule has 1 fully saturated rings. The highest BCUT2D eigenvalue weighted by Gasteiger charge is 2.60. The zero-order valence-corrected chi connectivity index (χ0v) is 14.0. The van der Waals surface area contributed by atoms with E-state index in [2.05, 4.69) is 21.8 Å². The number of carbonyl (C=O) groups is 1. The number of rotatable bonds is 1. The molecule has 1 aliphatic carbocycles. The van der Waals surface area contributed by atoms with E-state index in [1.54, 1.807) is 35.3 Å². The van der Waals surface area contributed by atoms with Gasteiger partial charge in [0.25, 0.3) is 5.91 Å². The number of benzene rings is 1. The molecular weight excluding hydrogens is 350 g/mol. The van der Waals surface area contributed by atoms with Gasteiger partial charge in [-0.1, -0.05) is 11.8 Å². The molecule has 1 aromatic carbocycles. The Morgan fingerprint density at radius 2 is 1.81 bits per heavy atom. The Balaban J connectivity index is 1.56. The number of nitrogens with zero attached hydrogens (tertiary/aromatic N) is 4. The van der Waals surface area contributed by atoms with Crippen molar-refractivity contribution < 1.29 is 13.6 Å². The standard InChI is InChI=1S/C20H12F2N4O/c21-15-10-14(4-3-13-2-1-7-23-12-13)11-16(22)17(15)26-18(27)20(5-6-20)25-9-8-24-19(25)26/h1-2,7-12H,5-6H2. The van der Waals surface area contributed by atoms with Gasteiger partial charge in [-0.3, -0.25) is 9.78 Å². The minimum atomic E-state index is -0.855. The maximum atomic E-state index is 14.8. The third kappa shape index (κ3) is 2.27. The average Bonchev–Trinajstić information content (AvgIpc) is 3.28. The number of aromatic nitrogens is 3. The van der Waals surface area contributed by atoms with Gasteiger partial charge >= 0.3 is 0 Å². The average molecular weight is 362 g/mol. The maximum absolute atomic E-state index is 14.8. The van der Waals surface area contributed by atoms with Crippen molar-refractivity contribution in [3.05, 3.63) is 71.8 Å². The molecule has 5 nitrogen and oxygen atoms in total. The van der Waals surface area contributed by atoms with Crippen LogP contribution in [0.4, 0.5) is 20.4 Å². The van der Waals surface area contributed by atoms with Crippen LogP contribution in [0.3, 0.4) is 0 Å². The van der Waals surface area contributed by atoms with Crippen LogP contribution in [0.5, 0.6) is 0 Å². The first-order chi connectivity index (χ1) is 13.1. The smallest absolute Gasteiger partial charge is 0.260 e. The minimum Gasteiger partial charge on any atom is -0.301 e. The molecule has 1 saturated carbocycles. The van der Waals surface area contributed by atoms with Crippen molar-refractivity contribution in [1.82, 2.24) is 14.5 Å². The lowest BCUT2D eigenvalue weighted by Crippen LogP contribution is -2.31. The Hall–Kier alpha value is -3.53. The first kappa shape index (κ1) is 15.7. The summed E-state index contributed by atoms with van der Waals surface area (Å²) in [6, 6.07) is 5.72. The van der Waals surface area contributed by atoms with Gasteiger partial charge in [0.05, 0.1) is 0 Å². The van der Waals surface area contributed by atoms with E-state index in [1.807, 2.05) is 0 Å². The number of anilines is 2. The van der Waals surface area contributed by atoms with Gasteiger partial charge < -0.3 is 4.57 Å². The van der Waals surface area contributed by atoms with Crippen LogP contribution in [0.2, 0.25) is 0 Å². The molecule has 5 rings (SSSR count). The Bertz CT molecular complexity index is 1120. The fourth-order valence-corrected chi connectivity index (χ4v) is 3.40. The number of imidazole rings is 1. The van der Waals surface area contributed by atoms with Gasteiger partial charge in [-0.15, -0.1) is 0 Å². The number of carbonyl (C=O) groups excluding carboxylic acids is 1. The topological polar surface area (TPSA) is 51.0 Å². The summed E-state index contributed by atoms with van der Waals surface area (Å²) in [6.45, 7) is 0. The van der Waals surface area contributed by atoms with Crippen LogP contribution in [-0.2, 0) is 10.3 Å². The number of amides is 1. The molecule has 1 amide bonds. The summed E-state index contributed by atoms with van der Waals surface area (Å²) in [7, 11) is 0. The summed E-state index contributed by atoms with van der Waals surface area (Å²) in [6.07, 6.45) is 7.66. The number of halogens is 2. The van der Waals surface area contributed by atoms with E-state index in [1.165, 1.54) is 6.20 Å². The molecule has 0 N–H and O–H groups in total. The number of hydrogen-bond donors (Lipinski definition) is 0. The lowest BCUT2D eigenvalue weighted by Gasteiger charge is -2.17. The molecule has 0 bridgehead atoms. The number of pyridine rings is 1. The van der Waals surface area contributed by atoms with E-state index in [9.17, 15) is 13.6 Å². The quantitative estimate of drug-likeness (QED) is 0.625. The zero-order chi connectivity index (χ0) is 18.6. The van der Waals surface area contributed by atoms with E-state index < -0.39 is 22.9 Å². The van der Waals surface area contributed by atoms with Gasteiger partial charge in [0, 0.05) is 35.9 Å². The molecule has 7 heteroatoms. The first-order valence-corrected chi connectivity index (χ1v) is 8.40. The molecule has 1 aliphatic heterocycles. The van der Waals surface area contributed by atoms with Crippen molar-refractivity contribution in [2.75, 3.05) is 4.90 Å². The highest BCUT2D eigenvalue weighted by molar-refractivity contribution is 6.09. The summed E-state index contributed by atoms with van der Waals surface area (Å²) in [5.74, 6) is 3.70. The number of fused-ring (bicyclic) bond motifs is 2. The van der Waals surface area contributed by atoms with E-state index in [4.69, 9.17) is 0 Å². The molecule has 132 valence electrons. The minimum absolute atomic E-state index is 0.175. The van der Waals surface area contributed by atoms with Crippen LogP contribution in [0, 0.1) is 23.5 Å². The fourth-order valence-electron chi connectivity index (χ4n) is 3.40. The maximum Gasteiger partial charge on any atom is 0.260 e. The van der Waals surface area contributed by atoms with Crippen molar-refractivity contribution in [3.63, 3.8) is 0 Å². The molecule has 0 radical (unpaired) electrons. The van der Waals surface area contributed by atoms with E-state index in [0.717, 1.165) is 17.0 Å². The van der Waals surface area contributed by atoms with Crippen molar-refractivity contribution in [2.45, 2.75) is 18.4 Å². The Morgan fingerprint density at radius 3 is 2.48 bits per heavy atom. The highest BCUT2D eigenvalue weighted by Crippen LogP contribution is 2.54. The van der Waals surface area contributed by atoms with Crippen LogP contribution in [-0.4, -0.2) is 20.4 Å². The molecule has 0 saturated heterocycles. The third-order valence-electron chi connectivity index (χ3n) is 4.86.